The SMILES string of the molecule is CN(CCO)C(=O)c1oc2ccccc2c1CSc1cccs1. The first-order valence-electron chi connectivity index (χ1n) is 7.23. The number of hydrogen-bond donors (Lipinski definition) is 1. The molecular formula is C17H17NO3S2. The zero-order chi connectivity index (χ0) is 16.2. The standard InChI is InChI=1S/C17H17NO3S2/c1-18(8-9-19)17(20)16-13(11-23-15-7-4-10-22-15)12-5-2-3-6-14(12)21-16/h2-7,10,19H,8-9,11H2,1H3. The van der Waals surface area contributed by atoms with E-state index in [1.54, 1.807) is 30.1 Å². The minimum Gasteiger partial charge on any atom is -0.451 e. The fourth-order valence-electron chi connectivity index (χ4n) is 2.33. The number of amides is 1. The Morgan fingerprint density at radius 2 is 2.13 bits per heavy atom. The second-order valence-electron chi connectivity index (χ2n) is 5.08. The van der Waals surface area contributed by atoms with Gasteiger partial charge in [0, 0.05) is 30.3 Å². The number of carbonyl (C=O) groups is 1. The predicted molar refractivity (Wildman–Crippen MR) is 94.1 cm³/mol. The van der Waals surface area contributed by atoms with E-state index in [-0.39, 0.29) is 19.1 Å². The maximum Gasteiger partial charge on any atom is 0.289 e. The van der Waals surface area contributed by atoms with E-state index in [1.807, 2.05) is 35.7 Å². The Morgan fingerprint density at radius 1 is 1.30 bits per heavy atom. The molecule has 2 heterocycles. The fraction of sp³-hybridized carbons (Fsp3) is 0.235. The number of thioether (sulfide) groups is 1. The third-order valence-electron chi connectivity index (χ3n) is 3.53. The number of benzene rings is 1. The summed E-state index contributed by atoms with van der Waals surface area (Å²) in [5.41, 5.74) is 1.63. The van der Waals surface area contributed by atoms with Crippen molar-refractivity contribution in [1.82, 2.24) is 4.90 Å². The molecule has 120 valence electrons. The summed E-state index contributed by atoms with van der Waals surface area (Å²) in [4.78, 5) is 14.1. The normalized spacial score (nSPS) is 11.0. The van der Waals surface area contributed by atoms with Crippen molar-refractivity contribution in [3.63, 3.8) is 0 Å². The lowest BCUT2D eigenvalue weighted by molar-refractivity contribution is 0.0737. The van der Waals surface area contributed by atoms with E-state index >= 15 is 0 Å². The van der Waals surface area contributed by atoms with Crippen molar-refractivity contribution < 1.29 is 14.3 Å². The van der Waals surface area contributed by atoms with Crippen LogP contribution in [-0.2, 0) is 5.75 Å². The highest BCUT2D eigenvalue weighted by Gasteiger charge is 2.23. The first-order chi connectivity index (χ1) is 11.2. The van der Waals surface area contributed by atoms with E-state index in [9.17, 15) is 4.79 Å². The molecule has 0 radical (unpaired) electrons. The van der Waals surface area contributed by atoms with Gasteiger partial charge in [-0.15, -0.1) is 23.1 Å². The average molecular weight is 347 g/mol. The molecule has 1 amide bonds. The quantitative estimate of drug-likeness (QED) is 0.688. The molecule has 6 heteroatoms. The fourth-order valence-corrected chi connectivity index (χ4v) is 4.14. The predicted octanol–water partition coefficient (Wildman–Crippen LogP) is 3.85. The number of likely N-dealkylation sites (N-methyl/N-ethyl adjacent to an activating group) is 1. The molecule has 1 N–H and O–H groups in total. The maximum atomic E-state index is 12.6. The summed E-state index contributed by atoms with van der Waals surface area (Å²) in [5, 5.41) is 12.1. The Bertz CT molecular complexity index is 795. The van der Waals surface area contributed by atoms with Gasteiger partial charge in [-0.3, -0.25) is 4.79 Å². The van der Waals surface area contributed by atoms with E-state index in [0.717, 1.165) is 16.5 Å². The van der Waals surface area contributed by atoms with Crippen LogP contribution in [0.5, 0.6) is 0 Å². The van der Waals surface area contributed by atoms with E-state index in [2.05, 4.69) is 6.07 Å². The first kappa shape index (κ1) is 16.1. The molecule has 0 fully saturated rings. The number of aliphatic hydroxyl groups is 1. The van der Waals surface area contributed by atoms with Gasteiger partial charge in [0.25, 0.3) is 5.91 Å². The topological polar surface area (TPSA) is 53.7 Å². The minimum absolute atomic E-state index is 0.0677. The van der Waals surface area contributed by atoms with Crippen LogP contribution in [0.2, 0.25) is 0 Å². The molecular weight excluding hydrogens is 330 g/mol. The summed E-state index contributed by atoms with van der Waals surface area (Å²) in [6.45, 7) is 0.217. The molecule has 0 atom stereocenters. The van der Waals surface area contributed by atoms with Crippen molar-refractivity contribution in [2.24, 2.45) is 0 Å². The number of carbonyl (C=O) groups excluding carboxylic acids is 1. The molecule has 0 saturated carbocycles. The lowest BCUT2D eigenvalue weighted by Crippen LogP contribution is -2.29. The van der Waals surface area contributed by atoms with Crippen molar-refractivity contribution in [3.05, 3.63) is 53.1 Å². The van der Waals surface area contributed by atoms with E-state index in [1.165, 1.54) is 9.11 Å². The number of fused-ring (bicyclic) bond motifs is 1. The minimum atomic E-state index is -0.197. The summed E-state index contributed by atoms with van der Waals surface area (Å²) >= 11 is 3.38. The zero-order valence-electron chi connectivity index (χ0n) is 12.7. The Kier molecular flexibility index (Phi) is 5.05. The zero-order valence-corrected chi connectivity index (χ0v) is 14.3. The van der Waals surface area contributed by atoms with Crippen molar-refractivity contribution in [2.75, 3.05) is 20.2 Å². The highest BCUT2D eigenvalue weighted by Crippen LogP contribution is 2.34. The van der Waals surface area contributed by atoms with Crippen molar-refractivity contribution in [3.8, 4) is 0 Å². The Balaban J connectivity index is 1.95. The molecule has 0 aliphatic heterocycles. The Hall–Kier alpha value is -1.76. The van der Waals surface area contributed by atoms with Gasteiger partial charge < -0.3 is 14.4 Å². The highest BCUT2D eigenvalue weighted by molar-refractivity contribution is 8.00. The first-order valence-corrected chi connectivity index (χ1v) is 9.10. The number of rotatable bonds is 6. The van der Waals surface area contributed by atoms with Gasteiger partial charge in [-0.05, 0) is 17.5 Å². The molecule has 0 bridgehead atoms. The Labute approximate surface area is 142 Å². The molecule has 0 unspecified atom stereocenters. The largest absolute Gasteiger partial charge is 0.451 e. The van der Waals surface area contributed by atoms with Crippen LogP contribution in [0.1, 0.15) is 16.1 Å². The second kappa shape index (κ2) is 7.21. The summed E-state index contributed by atoms with van der Waals surface area (Å²) in [5.74, 6) is 0.842. The number of para-hydroxylation sites is 1. The van der Waals surface area contributed by atoms with Crippen LogP contribution in [0.15, 0.2) is 50.4 Å². The van der Waals surface area contributed by atoms with Crippen molar-refractivity contribution in [2.45, 2.75) is 9.96 Å². The van der Waals surface area contributed by atoms with Gasteiger partial charge in [-0.2, -0.15) is 0 Å². The summed E-state index contributed by atoms with van der Waals surface area (Å²) < 4.78 is 7.02. The number of thiophene rings is 1. The summed E-state index contributed by atoms with van der Waals surface area (Å²) in [6, 6.07) is 11.8. The van der Waals surface area contributed by atoms with Crippen molar-refractivity contribution >= 4 is 40.0 Å². The van der Waals surface area contributed by atoms with Gasteiger partial charge in [0.1, 0.15) is 5.58 Å². The molecule has 0 spiro atoms. The second-order valence-corrected chi connectivity index (χ2v) is 7.30. The molecule has 3 aromatic rings. The van der Waals surface area contributed by atoms with Crippen LogP contribution < -0.4 is 0 Å². The van der Waals surface area contributed by atoms with Crippen LogP contribution >= 0.6 is 23.1 Å². The lowest BCUT2D eigenvalue weighted by Gasteiger charge is -2.14. The van der Waals surface area contributed by atoms with Gasteiger partial charge >= 0.3 is 0 Å². The molecule has 0 saturated heterocycles. The van der Waals surface area contributed by atoms with Crippen LogP contribution in [0, 0.1) is 0 Å². The van der Waals surface area contributed by atoms with Gasteiger partial charge in [0.05, 0.1) is 10.8 Å². The van der Waals surface area contributed by atoms with Gasteiger partial charge in [-0.25, -0.2) is 0 Å². The third kappa shape index (κ3) is 3.44. The van der Waals surface area contributed by atoms with Gasteiger partial charge in [-0.1, -0.05) is 24.3 Å². The molecule has 2 aromatic heterocycles. The maximum absolute atomic E-state index is 12.6. The lowest BCUT2D eigenvalue weighted by atomic mass is 10.1. The van der Waals surface area contributed by atoms with Crippen LogP contribution in [-0.4, -0.2) is 36.1 Å². The van der Waals surface area contributed by atoms with E-state index < -0.39 is 0 Å². The molecule has 4 nitrogen and oxygen atoms in total. The van der Waals surface area contributed by atoms with Crippen LogP contribution in [0.3, 0.4) is 0 Å². The number of furan rings is 1. The monoisotopic (exact) mass is 347 g/mol. The molecule has 3 rings (SSSR count). The van der Waals surface area contributed by atoms with E-state index in [4.69, 9.17) is 9.52 Å². The summed E-state index contributed by atoms with van der Waals surface area (Å²) in [7, 11) is 1.67. The Morgan fingerprint density at radius 3 is 2.87 bits per heavy atom. The molecule has 1 aromatic carbocycles. The number of nitrogens with zero attached hydrogens (tertiary/aromatic N) is 1. The number of hydrogen-bond acceptors (Lipinski definition) is 5. The summed E-state index contributed by atoms with van der Waals surface area (Å²) in [6.07, 6.45) is 0. The smallest absolute Gasteiger partial charge is 0.289 e. The third-order valence-corrected chi connectivity index (χ3v) is 5.69. The van der Waals surface area contributed by atoms with E-state index in [0.29, 0.717) is 11.5 Å². The highest BCUT2D eigenvalue weighted by atomic mass is 32.2. The molecule has 23 heavy (non-hydrogen) atoms. The average Bonchev–Trinajstić information content (AvgIpc) is 3.19. The van der Waals surface area contributed by atoms with Crippen LogP contribution in [0.4, 0.5) is 0 Å². The number of aliphatic hydroxyl groups excluding tert-OH is 1. The molecule has 0 aliphatic rings. The van der Waals surface area contributed by atoms with Gasteiger partial charge in [0.15, 0.2) is 5.76 Å². The van der Waals surface area contributed by atoms with Crippen LogP contribution in [0.25, 0.3) is 11.0 Å². The van der Waals surface area contributed by atoms with Crippen molar-refractivity contribution in [1.29, 1.82) is 0 Å². The molecule has 0 aliphatic carbocycles. The van der Waals surface area contributed by atoms with Gasteiger partial charge in [0.2, 0.25) is 0 Å².